The molecule has 234 valence electrons. The number of rotatable bonds is 9. The molecule has 5 fully saturated rings. The van der Waals surface area contributed by atoms with E-state index >= 15 is 0 Å². The van der Waals surface area contributed by atoms with Gasteiger partial charge in [0.15, 0.2) is 0 Å². The Morgan fingerprint density at radius 1 is 0.634 bits per heavy atom. The predicted molar refractivity (Wildman–Crippen MR) is 165 cm³/mol. The Morgan fingerprint density at radius 3 is 1.71 bits per heavy atom. The molecule has 0 aromatic carbocycles. The van der Waals surface area contributed by atoms with Crippen molar-refractivity contribution in [2.45, 2.75) is 161 Å². The molecule has 1 atom stereocenters. The summed E-state index contributed by atoms with van der Waals surface area (Å²) >= 11 is 0. The second-order valence-electron chi connectivity index (χ2n) is 15.4. The van der Waals surface area contributed by atoms with Crippen LogP contribution in [0.3, 0.4) is 0 Å². The van der Waals surface area contributed by atoms with Crippen molar-refractivity contribution < 1.29 is 19.1 Å². The van der Waals surface area contributed by atoms with Gasteiger partial charge in [-0.3, -0.25) is 9.59 Å². The van der Waals surface area contributed by atoms with Gasteiger partial charge in [0.25, 0.3) is 0 Å². The van der Waals surface area contributed by atoms with Gasteiger partial charge in [0, 0.05) is 0 Å². The second kappa shape index (κ2) is 15.6. The number of esters is 2. The van der Waals surface area contributed by atoms with E-state index in [0.29, 0.717) is 5.92 Å². The van der Waals surface area contributed by atoms with Gasteiger partial charge >= 0.3 is 11.9 Å². The maximum Gasteiger partial charge on any atom is 0.312 e. The Morgan fingerprint density at radius 2 is 1.15 bits per heavy atom. The van der Waals surface area contributed by atoms with Gasteiger partial charge in [-0.05, 0) is 131 Å². The summed E-state index contributed by atoms with van der Waals surface area (Å²) in [6.07, 6.45) is 27.1. The van der Waals surface area contributed by atoms with Crippen molar-refractivity contribution in [1.82, 2.24) is 0 Å². The average Bonchev–Trinajstić information content (AvgIpc) is 3.02. The summed E-state index contributed by atoms with van der Waals surface area (Å²) in [5.41, 5.74) is 0. The van der Waals surface area contributed by atoms with Crippen molar-refractivity contribution in [2.24, 2.45) is 53.3 Å². The maximum absolute atomic E-state index is 13.6. The standard InChI is InChI=1S/C37H62O4/c1-3-27-11-15-29(16-12-27)31-21-23-34(24-22-31)41-37(39)35(32-7-5-4-6-8-32)25-40-36(38)33-19-17-30(18-20-33)28-13-9-26(2)10-14-28/h26-35H,3-25H2,1-2H3. The van der Waals surface area contributed by atoms with E-state index in [-0.39, 0.29) is 36.5 Å². The molecule has 0 heterocycles. The molecule has 5 saturated carbocycles. The van der Waals surface area contributed by atoms with E-state index in [2.05, 4.69) is 13.8 Å². The normalized spacial score (nSPS) is 38.1. The quantitative estimate of drug-likeness (QED) is 0.259. The Bertz CT molecular complexity index is 786. The molecule has 5 rings (SSSR count). The molecule has 4 heteroatoms. The lowest BCUT2D eigenvalue weighted by Crippen LogP contribution is -2.37. The van der Waals surface area contributed by atoms with Crippen LogP contribution in [0.15, 0.2) is 0 Å². The number of carbonyl (C=O) groups is 2. The number of hydrogen-bond donors (Lipinski definition) is 0. The predicted octanol–water partition coefficient (Wildman–Crippen LogP) is 9.68. The van der Waals surface area contributed by atoms with Gasteiger partial charge in [-0.2, -0.15) is 0 Å². The van der Waals surface area contributed by atoms with E-state index < -0.39 is 0 Å². The van der Waals surface area contributed by atoms with Crippen molar-refractivity contribution in [3.63, 3.8) is 0 Å². The first-order valence-corrected chi connectivity index (χ1v) is 18.4. The van der Waals surface area contributed by atoms with Crippen molar-refractivity contribution in [3.05, 3.63) is 0 Å². The Balaban J connectivity index is 1.06. The van der Waals surface area contributed by atoms with Crippen LogP contribution in [0.5, 0.6) is 0 Å². The van der Waals surface area contributed by atoms with Gasteiger partial charge < -0.3 is 9.47 Å². The minimum Gasteiger partial charge on any atom is -0.465 e. The monoisotopic (exact) mass is 570 g/mol. The number of hydrogen-bond acceptors (Lipinski definition) is 4. The average molecular weight is 571 g/mol. The molecule has 0 aromatic rings. The van der Waals surface area contributed by atoms with E-state index in [4.69, 9.17) is 9.47 Å². The highest BCUT2D eigenvalue weighted by Crippen LogP contribution is 2.43. The lowest BCUT2D eigenvalue weighted by Gasteiger charge is -2.38. The minimum atomic E-state index is -0.276. The van der Waals surface area contributed by atoms with Crippen LogP contribution < -0.4 is 0 Å². The van der Waals surface area contributed by atoms with Gasteiger partial charge in [0.05, 0.1) is 11.8 Å². The smallest absolute Gasteiger partial charge is 0.312 e. The van der Waals surface area contributed by atoms with Crippen LogP contribution in [0, 0.1) is 53.3 Å². The van der Waals surface area contributed by atoms with Gasteiger partial charge in [0.2, 0.25) is 0 Å². The Kier molecular flexibility index (Phi) is 11.9. The summed E-state index contributed by atoms with van der Waals surface area (Å²) in [7, 11) is 0. The van der Waals surface area contributed by atoms with Crippen molar-refractivity contribution in [1.29, 1.82) is 0 Å². The fourth-order valence-electron chi connectivity index (χ4n) is 9.80. The van der Waals surface area contributed by atoms with Crippen LogP contribution in [0.1, 0.15) is 155 Å². The number of carbonyl (C=O) groups excluding carboxylic acids is 2. The SMILES string of the molecule is CCC1CCC(C2CCC(OC(=O)C(COC(=O)C3CCC(C4CCC(C)CC4)CC3)C3CCCCC3)CC2)CC1. The topological polar surface area (TPSA) is 52.6 Å². The molecule has 5 aliphatic rings. The zero-order valence-corrected chi connectivity index (χ0v) is 26.7. The van der Waals surface area contributed by atoms with Gasteiger partial charge in [0.1, 0.15) is 12.7 Å². The molecule has 0 radical (unpaired) electrons. The van der Waals surface area contributed by atoms with Crippen LogP contribution in [0.2, 0.25) is 0 Å². The largest absolute Gasteiger partial charge is 0.465 e. The zero-order chi connectivity index (χ0) is 28.6. The van der Waals surface area contributed by atoms with Crippen LogP contribution in [-0.2, 0) is 19.1 Å². The summed E-state index contributed by atoms with van der Waals surface area (Å²) in [6, 6.07) is 0. The van der Waals surface area contributed by atoms with Crippen molar-refractivity contribution >= 4 is 11.9 Å². The first-order valence-electron chi connectivity index (χ1n) is 18.4. The molecule has 0 bridgehead atoms. The fraction of sp³-hybridized carbons (Fsp3) is 0.946. The van der Waals surface area contributed by atoms with E-state index in [1.54, 1.807) is 0 Å². The minimum absolute atomic E-state index is 0.0273. The van der Waals surface area contributed by atoms with E-state index in [1.165, 1.54) is 103 Å². The van der Waals surface area contributed by atoms with E-state index in [1.807, 2.05) is 0 Å². The van der Waals surface area contributed by atoms with Crippen molar-refractivity contribution in [3.8, 4) is 0 Å². The molecular weight excluding hydrogens is 508 g/mol. The van der Waals surface area contributed by atoms with Crippen LogP contribution in [-0.4, -0.2) is 24.6 Å². The molecule has 4 nitrogen and oxygen atoms in total. The fourth-order valence-corrected chi connectivity index (χ4v) is 9.80. The third-order valence-corrected chi connectivity index (χ3v) is 12.9. The molecule has 0 spiro atoms. The summed E-state index contributed by atoms with van der Waals surface area (Å²) in [5.74, 6) is 5.18. The first-order chi connectivity index (χ1) is 20.0. The van der Waals surface area contributed by atoms with Gasteiger partial charge in [-0.1, -0.05) is 65.2 Å². The number of ether oxygens (including phenoxy) is 2. The van der Waals surface area contributed by atoms with E-state index in [0.717, 1.165) is 74.0 Å². The molecule has 0 N–H and O–H groups in total. The summed E-state index contributed by atoms with van der Waals surface area (Å²) in [6.45, 7) is 4.97. The maximum atomic E-state index is 13.6. The van der Waals surface area contributed by atoms with Crippen LogP contribution in [0.25, 0.3) is 0 Å². The lowest BCUT2D eigenvalue weighted by atomic mass is 9.69. The molecule has 5 aliphatic carbocycles. The molecule has 41 heavy (non-hydrogen) atoms. The first kappa shape index (κ1) is 31.4. The zero-order valence-electron chi connectivity index (χ0n) is 26.7. The van der Waals surface area contributed by atoms with Crippen LogP contribution >= 0.6 is 0 Å². The van der Waals surface area contributed by atoms with Gasteiger partial charge in [-0.25, -0.2) is 0 Å². The highest BCUT2D eigenvalue weighted by atomic mass is 16.6. The van der Waals surface area contributed by atoms with Gasteiger partial charge in [-0.15, -0.1) is 0 Å². The summed E-state index contributed by atoms with van der Waals surface area (Å²) < 4.78 is 12.2. The molecule has 1 unspecified atom stereocenters. The van der Waals surface area contributed by atoms with Crippen LogP contribution in [0.4, 0.5) is 0 Å². The summed E-state index contributed by atoms with van der Waals surface area (Å²) in [5, 5.41) is 0. The third-order valence-electron chi connectivity index (χ3n) is 12.9. The molecule has 0 aliphatic heterocycles. The highest BCUT2D eigenvalue weighted by Gasteiger charge is 2.38. The Hall–Kier alpha value is -1.06. The third kappa shape index (κ3) is 8.75. The van der Waals surface area contributed by atoms with E-state index in [9.17, 15) is 9.59 Å². The molecule has 0 amide bonds. The highest BCUT2D eigenvalue weighted by molar-refractivity contribution is 5.75. The molecule has 0 saturated heterocycles. The Labute approximate surface area is 251 Å². The summed E-state index contributed by atoms with van der Waals surface area (Å²) in [4.78, 5) is 26.8. The molecule has 0 aromatic heterocycles. The molecular formula is C37H62O4. The second-order valence-corrected chi connectivity index (χ2v) is 15.4. The lowest BCUT2D eigenvalue weighted by molar-refractivity contribution is -0.165. The van der Waals surface area contributed by atoms with Crippen molar-refractivity contribution in [2.75, 3.05) is 6.61 Å².